The number of para-hydroxylation sites is 2. The van der Waals surface area contributed by atoms with Gasteiger partial charge in [0.1, 0.15) is 0 Å². The predicted molar refractivity (Wildman–Crippen MR) is 265 cm³/mol. The maximum atomic E-state index is 15.4. The van der Waals surface area contributed by atoms with E-state index < -0.39 is 52.6 Å². The monoisotopic (exact) mass is 978 g/mol. The molecule has 360 valence electrons. The second-order valence-electron chi connectivity index (χ2n) is 17.1. The number of halogens is 9. The van der Waals surface area contributed by atoms with Crippen molar-refractivity contribution in [2.45, 2.75) is 32.4 Å². The van der Waals surface area contributed by atoms with Crippen molar-refractivity contribution in [3.05, 3.63) is 228 Å². The molecule has 13 heteroatoms. The van der Waals surface area contributed by atoms with E-state index in [0.717, 1.165) is 41.3 Å². The van der Waals surface area contributed by atoms with Gasteiger partial charge in [0.15, 0.2) is 0 Å². The van der Waals surface area contributed by atoms with Crippen LogP contribution in [-0.2, 0) is 12.4 Å². The maximum absolute atomic E-state index is 15.4. The number of hydrogen-bond donors (Lipinski definition) is 0. The molecule has 1 aliphatic rings. The van der Waals surface area contributed by atoms with Gasteiger partial charge >= 0.3 is 18.5 Å². The van der Waals surface area contributed by atoms with Crippen LogP contribution in [0.15, 0.2) is 206 Å². The summed E-state index contributed by atoms with van der Waals surface area (Å²) in [6.45, 7) is 5.88. The molecule has 0 N–H and O–H groups in total. The topological polar surface area (TPSA) is 42.3 Å². The zero-order chi connectivity index (χ0) is 51.3. The molecule has 10 rings (SSSR count). The van der Waals surface area contributed by atoms with Crippen molar-refractivity contribution >= 4 is 39.3 Å². The minimum Gasteiger partial charge on any atom is -0.308 e. The first-order chi connectivity index (χ1) is 34.2. The van der Waals surface area contributed by atoms with Crippen molar-refractivity contribution in [2.24, 2.45) is 0 Å². The third-order valence-electron chi connectivity index (χ3n) is 12.3. The minimum absolute atomic E-state index is 0.0137. The largest absolute Gasteiger partial charge is 0.417 e. The molecule has 0 bridgehead atoms. The van der Waals surface area contributed by atoms with Gasteiger partial charge in [-0.1, -0.05) is 158 Å². The average molecular weight is 979 g/mol. The van der Waals surface area contributed by atoms with Crippen LogP contribution in [0, 0.1) is 0 Å². The number of allylic oxidation sites excluding steroid dienone is 3. The van der Waals surface area contributed by atoms with E-state index in [1.807, 2.05) is 103 Å². The molecule has 0 spiro atoms. The number of nitrogens with zero attached hydrogens (tertiary/aromatic N) is 2. The van der Waals surface area contributed by atoms with Crippen molar-refractivity contribution in [1.82, 2.24) is 4.57 Å². The highest BCUT2D eigenvalue weighted by Crippen LogP contribution is 2.49. The van der Waals surface area contributed by atoms with E-state index in [-0.39, 0.29) is 34.0 Å². The molecule has 4 nitrogen and oxygen atoms in total. The van der Waals surface area contributed by atoms with Gasteiger partial charge in [-0.25, -0.2) is 4.90 Å². The zero-order valence-electron chi connectivity index (χ0n) is 38.2. The molecule has 9 aromatic rings. The lowest BCUT2D eigenvalue weighted by atomic mass is 9.90. The fourth-order valence-electron chi connectivity index (χ4n) is 9.13. The Bertz CT molecular complexity index is 3550. The van der Waals surface area contributed by atoms with Gasteiger partial charge < -0.3 is 4.57 Å². The fourth-order valence-corrected chi connectivity index (χ4v) is 9.13. The van der Waals surface area contributed by atoms with Gasteiger partial charge in [-0.05, 0) is 84.1 Å². The first-order valence-electron chi connectivity index (χ1n) is 22.3. The lowest BCUT2D eigenvalue weighted by Gasteiger charge is -2.24. The van der Waals surface area contributed by atoms with Gasteiger partial charge in [-0.3, -0.25) is 9.59 Å². The van der Waals surface area contributed by atoms with Gasteiger partial charge in [0.2, 0.25) is 0 Å². The smallest absolute Gasteiger partial charge is 0.308 e. The summed E-state index contributed by atoms with van der Waals surface area (Å²) in [5, 5.41) is 1.11. The molecule has 8 aromatic carbocycles. The lowest BCUT2D eigenvalue weighted by molar-refractivity contribution is -0.142. The van der Waals surface area contributed by atoms with E-state index in [9.17, 15) is 39.5 Å². The Morgan fingerprint density at radius 2 is 1.01 bits per heavy atom. The predicted octanol–water partition coefficient (Wildman–Crippen LogP) is 17.4. The second kappa shape index (κ2) is 18.7. The van der Waals surface area contributed by atoms with E-state index in [0.29, 0.717) is 44.7 Å². The third kappa shape index (κ3) is 9.09. The molecule has 0 aliphatic carbocycles. The molecule has 0 saturated carbocycles. The van der Waals surface area contributed by atoms with Crippen LogP contribution in [0.4, 0.5) is 45.2 Å². The van der Waals surface area contributed by atoms with Crippen LogP contribution in [0.3, 0.4) is 0 Å². The van der Waals surface area contributed by atoms with Crippen molar-refractivity contribution in [3.8, 4) is 50.2 Å². The number of benzene rings is 8. The summed E-state index contributed by atoms with van der Waals surface area (Å²) in [6.07, 6.45) is -13.4. The van der Waals surface area contributed by atoms with Gasteiger partial charge in [-0.15, -0.1) is 0 Å². The van der Waals surface area contributed by atoms with Crippen molar-refractivity contribution < 1.29 is 49.1 Å². The highest BCUT2D eigenvalue weighted by Gasteiger charge is 2.43. The number of fused-ring (bicyclic) bond motifs is 4. The number of carbonyl (C=O) groups excluding carboxylic acids is 2. The van der Waals surface area contributed by atoms with Crippen molar-refractivity contribution in [1.29, 1.82) is 0 Å². The number of alkyl halides is 9. The second-order valence-corrected chi connectivity index (χ2v) is 17.1. The van der Waals surface area contributed by atoms with Crippen molar-refractivity contribution in [3.63, 3.8) is 0 Å². The Morgan fingerprint density at radius 3 is 1.56 bits per heavy atom. The van der Waals surface area contributed by atoms with Crippen LogP contribution < -0.4 is 4.90 Å². The third-order valence-corrected chi connectivity index (χ3v) is 12.3. The Balaban J connectivity index is 0.000000580. The molecule has 0 saturated heterocycles. The quantitative estimate of drug-likeness (QED) is 0.0907. The van der Waals surface area contributed by atoms with E-state index >= 15 is 9.59 Å². The lowest BCUT2D eigenvalue weighted by Crippen LogP contribution is -2.30. The van der Waals surface area contributed by atoms with Gasteiger partial charge in [0.25, 0.3) is 11.8 Å². The van der Waals surface area contributed by atoms with E-state index in [1.165, 1.54) is 17.9 Å². The summed E-state index contributed by atoms with van der Waals surface area (Å²) < 4.78 is 123. The van der Waals surface area contributed by atoms with Crippen LogP contribution in [-0.4, -0.2) is 22.6 Å². The molecular weight excluding hydrogens is 940 g/mol. The Kier molecular flexibility index (Phi) is 12.6. The van der Waals surface area contributed by atoms with Crippen molar-refractivity contribution in [2.75, 3.05) is 4.90 Å². The fraction of sp³-hybridized carbons (Fsp3) is 0.0847. The molecule has 72 heavy (non-hydrogen) atoms. The summed E-state index contributed by atoms with van der Waals surface area (Å²) in [7, 11) is 0. The number of imide groups is 1. The van der Waals surface area contributed by atoms with Crippen LogP contribution in [0.25, 0.3) is 72.0 Å². The number of rotatable bonds is 7. The molecule has 2 amide bonds. The van der Waals surface area contributed by atoms with E-state index in [2.05, 4.69) is 6.58 Å². The molecule has 1 aliphatic heterocycles. The maximum Gasteiger partial charge on any atom is 0.417 e. The summed E-state index contributed by atoms with van der Waals surface area (Å²) in [6, 6.07) is 50.6. The van der Waals surface area contributed by atoms with Gasteiger partial charge in [-0.2, -0.15) is 39.5 Å². The number of amides is 2. The summed E-state index contributed by atoms with van der Waals surface area (Å²) in [4.78, 5) is 31.6. The van der Waals surface area contributed by atoms with Gasteiger partial charge in [0, 0.05) is 33.0 Å². The molecule has 0 radical (unpaired) electrons. The standard InChI is InChI=1S/C52H30F6N2O2.C7H9F3/c53-51(54,55)35-26-27-36(43(30-35)52(56,57)58)38-21-12-22-39-37-20-10-11-24-44(37)59(47(38)39)45-25-13-23-40-46(45)50(62)60(49(40)61)48-41(32-16-6-2-7-17-32)28-34(31-14-4-1-5-15-31)29-42(48)33-18-8-3-9-19-33;1-5(2)4-6(3)7(8,9)10/h1-30H;4H,1H2,2-3H3/b;6-4+. The number of carbonyl (C=O) groups is 2. The SMILES string of the molecule is C=C(C)/C=C(\C)C(F)(F)F.O=C1c2cccc(-n3c4ccccc4c4cccc(-c5ccc(C(F)(F)F)cc5C(F)(F)F)c43)c2C(=O)N1c1c(-c2ccccc2)cc(-c2ccccc2)cc1-c1ccccc1. The molecular formula is C59H39F9N2O2. The number of anilines is 1. The Hall–Kier alpha value is -8.45. The first-order valence-corrected chi connectivity index (χ1v) is 22.3. The van der Waals surface area contributed by atoms with Crippen LogP contribution >= 0.6 is 0 Å². The Morgan fingerprint density at radius 1 is 0.486 bits per heavy atom. The normalized spacial score (nSPS) is 13.1. The van der Waals surface area contributed by atoms with E-state index in [4.69, 9.17) is 0 Å². The first kappa shape index (κ1) is 48.6. The highest BCUT2D eigenvalue weighted by atomic mass is 19.4. The molecule has 0 unspecified atom stereocenters. The molecule has 0 fully saturated rings. The zero-order valence-corrected chi connectivity index (χ0v) is 38.2. The summed E-state index contributed by atoms with van der Waals surface area (Å²) >= 11 is 0. The minimum atomic E-state index is -5.16. The number of hydrogen-bond acceptors (Lipinski definition) is 2. The van der Waals surface area contributed by atoms with E-state index in [1.54, 1.807) is 59.2 Å². The highest BCUT2D eigenvalue weighted by molar-refractivity contribution is 6.37. The molecule has 0 atom stereocenters. The molecule has 1 aromatic heterocycles. The molecule has 2 heterocycles. The van der Waals surface area contributed by atoms with Crippen LogP contribution in [0.1, 0.15) is 45.7 Å². The van der Waals surface area contributed by atoms with Gasteiger partial charge in [0.05, 0.1) is 44.7 Å². The Labute approximate surface area is 407 Å². The van der Waals surface area contributed by atoms with Crippen LogP contribution in [0.5, 0.6) is 0 Å². The summed E-state index contributed by atoms with van der Waals surface area (Å²) in [5.41, 5.74) is 2.28. The van der Waals surface area contributed by atoms with Crippen LogP contribution in [0.2, 0.25) is 0 Å². The average Bonchev–Trinajstić information content (AvgIpc) is 3.83. The number of aromatic nitrogens is 1. The summed E-state index contributed by atoms with van der Waals surface area (Å²) in [5.74, 6) is -1.26.